The van der Waals surface area contributed by atoms with Gasteiger partial charge in [0.25, 0.3) is 5.91 Å². The molecule has 0 atom stereocenters. The fourth-order valence-corrected chi connectivity index (χ4v) is 3.89. The molecule has 0 aliphatic heterocycles. The molecule has 0 spiro atoms. The molecule has 30 heavy (non-hydrogen) atoms. The van der Waals surface area contributed by atoms with Crippen LogP contribution in [0, 0.1) is 0 Å². The van der Waals surface area contributed by atoms with Crippen molar-refractivity contribution in [2.24, 2.45) is 0 Å². The van der Waals surface area contributed by atoms with E-state index in [0.717, 1.165) is 10.9 Å². The predicted molar refractivity (Wildman–Crippen MR) is 120 cm³/mol. The lowest BCUT2D eigenvalue weighted by Crippen LogP contribution is -2.33. The fourth-order valence-electron chi connectivity index (χ4n) is 3.25. The molecular weight excluding hydrogens is 400 g/mol. The van der Waals surface area contributed by atoms with Crippen LogP contribution in [-0.4, -0.2) is 46.8 Å². The summed E-state index contributed by atoms with van der Waals surface area (Å²) in [5.41, 5.74) is 1.63. The molecular formula is C22H26N4O3S. The molecule has 0 fully saturated rings. The number of aromatic nitrogens is 1. The van der Waals surface area contributed by atoms with Crippen LogP contribution in [0.2, 0.25) is 0 Å². The quantitative estimate of drug-likeness (QED) is 0.551. The van der Waals surface area contributed by atoms with Gasteiger partial charge in [-0.1, -0.05) is 6.07 Å². The first-order chi connectivity index (χ1) is 14.5. The van der Waals surface area contributed by atoms with E-state index in [1.54, 1.807) is 11.0 Å². The molecule has 0 aliphatic rings. The Morgan fingerprint density at radius 2 is 1.90 bits per heavy atom. The lowest BCUT2D eigenvalue weighted by Gasteiger charge is -2.19. The Morgan fingerprint density at radius 1 is 1.10 bits per heavy atom. The molecule has 0 saturated carbocycles. The van der Waals surface area contributed by atoms with E-state index < -0.39 is 0 Å². The Hall–Kier alpha value is -3.13. The molecule has 0 aliphatic carbocycles. The van der Waals surface area contributed by atoms with E-state index in [1.807, 2.05) is 60.3 Å². The van der Waals surface area contributed by atoms with E-state index in [-0.39, 0.29) is 30.7 Å². The highest BCUT2D eigenvalue weighted by Gasteiger charge is 2.12. The highest BCUT2D eigenvalue weighted by Crippen LogP contribution is 2.21. The first-order valence-electron chi connectivity index (χ1n) is 10.00. The van der Waals surface area contributed by atoms with E-state index >= 15 is 0 Å². The number of hydrogen-bond donors (Lipinski definition) is 2. The third kappa shape index (κ3) is 5.27. The van der Waals surface area contributed by atoms with Gasteiger partial charge in [0.2, 0.25) is 11.8 Å². The lowest BCUT2D eigenvalue weighted by molar-refractivity contribution is -0.131. The van der Waals surface area contributed by atoms with Crippen molar-refractivity contribution in [3.8, 4) is 0 Å². The number of amides is 3. The molecule has 0 bridgehead atoms. The van der Waals surface area contributed by atoms with Crippen molar-refractivity contribution in [2.75, 3.05) is 25.0 Å². The summed E-state index contributed by atoms with van der Waals surface area (Å²) in [6.07, 6.45) is 2.08. The first kappa shape index (κ1) is 21.6. The number of thiophene rings is 1. The Morgan fingerprint density at radius 3 is 2.60 bits per heavy atom. The number of anilines is 1. The van der Waals surface area contributed by atoms with E-state index in [4.69, 9.17) is 0 Å². The second kappa shape index (κ2) is 10.1. The van der Waals surface area contributed by atoms with Gasteiger partial charge in [-0.05, 0) is 49.6 Å². The minimum Gasteiger partial charge on any atom is -0.351 e. The fraction of sp³-hybridized carbons (Fsp3) is 0.318. The molecule has 0 radical (unpaired) electrons. The zero-order chi connectivity index (χ0) is 21.5. The van der Waals surface area contributed by atoms with Gasteiger partial charge in [-0.25, -0.2) is 0 Å². The van der Waals surface area contributed by atoms with Gasteiger partial charge in [-0.2, -0.15) is 0 Å². The summed E-state index contributed by atoms with van der Waals surface area (Å²) in [6, 6.07) is 11.1. The number of carbonyl (C=O) groups excluding carboxylic acids is 3. The summed E-state index contributed by atoms with van der Waals surface area (Å²) >= 11 is 1.36. The Balaban J connectivity index is 1.55. The van der Waals surface area contributed by atoms with Crippen LogP contribution in [0.15, 0.2) is 48.0 Å². The van der Waals surface area contributed by atoms with E-state index in [1.165, 1.54) is 11.3 Å². The van der Waals surface area contributed by atoms with Crippen molar-refractivity contribution in [3.63, 3.8) is 0 Å². The Kier molecular flexibility index (Phi) is 7.24. The third-order valence-electron chi connectivity index (χ3n) is 4.86. The molecule has 2 heterocycles. The second-order valence-corrected chi connectivity index (χ2v) is 7.76. The molecule has 158 valence electrons. The predicted octanol–water partition coefficient (Wildman–Crippen LogP) is 3.33. The lowest BCUT2D eigenvalue weighted by atomic mass is 10.2. The molecule has 1 aromatic carbocycles. The van der Waals surface area contributed by atoms with E-state index in [2.05, 4.69) is 10.6 Å². The topological polar surface area (TPSA) is 83.4 Å². The van der Waals surface area contributed by atoms with Crippen molar-refractivity contribution in [2.45, 2.75) is 26.8 Å². The zero-order valence-electron chi connectivity index (χ0n) is 17.2. The normalized spacial score (nSPS) is 10.7. The molecule has 3 amide bonds. The third-order valence-corrected chi connectivity index (χ3v) is 5.73. The van der Waals surface area contributed by atoms with Crippen molar-refractivity contribution in [1.29, 1.82) is 0 Å². The maximum absolute atomic E-state index is 12.4. The standard InChI is InChI=1S/C22H26N4O3S/c1-3-25(4-2)21(28)15-26-12-10-16-14-17(7-8-18(16)26)24-20(27)9-11-23-22(29)19-6-5-13-30-19/h5-8,10,12-14H,3-4,9,11,15H2,1-2H3,(H,23,29)(H,24,27). The van der Waals surface area contributed by atoms with Crippen molar-refractivity contribution < 1.29 is 14.4 Å². The van der Waals surface area contributed by atoms with Crippen molar-refractivity contribution in [1.82, 2.24) is 14.8 Å². The van der Waals surface area contributed by atoms with E-state index in [0.29, 0.717) is 30.2 Å². The average molecular weight is 427 g/mol. The van der Waals surface area contributed by atoms with Crippen LogP contribution >= 0.6 is 11.3 Å². The smallest absolute Gasteiger partial charge is 0.261 e. The molecule has 0 saturated heterocycles. The van der Waals surface area contributed by atoms with Crippen LogP contribution in [0.1, 0.15) is 29.9 Å². The molecule has 7 nitrogen and oxygen atoms in total. The SMILES string of the molecule is CCN(CC)C(=O)Cn1ccc2cc(NC(=O)CCNC(=O)c3cccs3)ccc21. The van der Waals surface area contributed by atoms with Gasteiger partial charge in [0.1, 0.15) is 6.54 Å². The molecule has 3 rings (SSSR count). The number of benzene rings is 1. The second-order valence-electron chi connectivity index (χ2n) is 6.81. The average Bonchev–Trinajstić information content (AvgIpc) is 3.39. The zero-order valence-corrected chi connectivity index (χ0v) is 18.0. The summed E-state index contributed by atoms with van der Waals surface area (Å²) in [5.74, 6) is -0.253. The number of hydrogen-bond acceptors (Lipinski definition) is 4. The summed E-state index contributed by atoms with van der Waals surface area (Å²) in [7, 11) is 0. The van der Waals surface area contributed by atoms with Crippen LogP contribution in [-0.2, 0) is 16.1 Å². The van der Waals surface area contributed by atoms with Gasteiger partial charge in [0, 0.05) is 48.8 Å². The summed E-state index contributed by atoms with van der Waals surface area (Å²) in [4.78, 5) is 38.9. The van der Waals surface area contributed by atoms with Gasteiger partial charge in [-0.3, -0.25) is 14.4 Å². The summed E-state index contributed by atoms with van der Waals surface area (Å²) < 4.78 is 1.92. The Bertz CT molecular complexity index is 1020. The number of likely N-dealkylation sites (N-methyl/N-ethyl adjacent to an activating group) is 1. The monoisotopic (exact) mass is 426 g/mol. The van der Waals surface area contributed by atoms with Gasteiger partial charge in [-0.15, -0.1) is 11.3 Å². The summed E-state index contributed by atoms with van der Waals surface area (Å²) in [6.45, 7) is 5.89. The first-order valence-corrected chi connectivity index (χ1v) is 10.9. The van der Waals surface area contributed by atoms with Gasteiger partial charge in [0.05, 0.1) is 4.88 Å². The molecule has 2 N–H and O–H groups in total. The highest BCUT2D eigenvalue weighted by atomic mass is 32.1. The van der Waals surface area contributed by atoms with Crippen LogP contribution < -0.4 is 10.6 Å². The molecule has 3 aromatic rings. The summed E-state index contributed by atoms with van der Waals surface area (Å²) in [5, 5.41) is 8.39. The maximum Gasteiger partial charge on any atom is 0.261 e. The van der Waals surface area contributed by atoms with Crippen molar-refractivity contribution in [3.05, 3.63) is 52.9 Å². The number of rotatable bonds is 9. The number of carbonyl (C=O) groups is 3. The number of nitrogens with zero attached hydrogens (tertiary/aromatic N) is 2. The van der Waals surface area contributed by atoms with Gasteiger partial charge >= 0.3 is 0 Å². The van der Waals surface area contributed by atoms with Crippen LogP contribution in [0.3, 0.4) is 0 Å². The molecule has 0 unspecified atom stereocenters. The van der Waals surface area contributed by atoms with Crippen LogP contribution in [0.25, 0.3) is 10.9 Å². The largest absolute Gasteiger partial charge is 0.351 e. The van der Waals surface area contributed by atoms with Gasteiger partial charge in [0.15, 0.2) is 0 Å². The van der Waals surface area contributed by atoms with Crippen LogP contribution in [0.4, 0.5) is 5.69 Å². The maximum atomic E-state index is 12.4. The van der Waals surface area contributed by atoms with Gasteiger partial charge < -0.3 is 20.1 Å². The number of nitrogens with one attached hydrogen (secondary N) is 2. The molecule has 2 aromatic heterocycles. The number of fused-ring (bicyclic) bond motifs is 1. The minimum absolute atomic E-state index is 0.0828. The molecule has 8 heteroatoms. The van der Waals surface area contributed by atoms with E-state index in [9.17, 15) is 14.4 Å². The van der Waals surface area contributed by atoms with Crippen LogP contribution in [0.5, 0.6) is 0 Å². The minimum atomic E-state index is -0.169. The van der Waals surface area contributed by atoms with Crippen molar-refractivity contribution >= 4 is 45.6 Å². The Labute approximate surface area is 179 Å². The highest BCUT2D eigenvalue weighted by molar-refractivity contribution is 7.12.